The second-order valence-corrected chi connectivity index (χ2v) is 2.45. The quantitative estimate of drug-likeness (QED) is 0.468. The van der Waals surface area contributed by atoms with Crippen molar-refractivity contribution in [3.63, 3.8) is 0 Å². The molecule has 0 aliphatic heterocycles. The highest BCUT2D eigenvalue weighted by molar-refractivity contribution is 7.80. The van der Waals surface area contributed by atoms with Crippen LogP contribution in [0, 0.1) is 0 Å². The third-order valence-electron chi connectivity index (χ3n) is 1.16. The van der Waals surface area contributed by atoms with Gasteiger partial charge in [0.1, 0.15) is 5.83 Å². The van der Waals surface area contributed by atoms with Crippen molar-refractivity contribution in [2.75, 3.05) is 0 Å². The molecule has 0 saturated carbocycles. The highest BCUT2D eigenvalue weighted by Crippen LogP contribution is 2.09. The van der Waals surface area contributed by atoms with Crippen molar-refractivity contribution in [3.05, 3.63) is 24.1 Å². The molecule has 1 aliphatic rings. The average Bonchev–Trinajstić information content (AvgIpc) is 1.97. The van der Waals surface area contributed by atoms with Gasteiger partial charge in [0.2, 0.25) is 0 Å². The zero-order valence-electron chi connectivity index (χ0n) is 4.93. The molecule has 2 heteroatoms. The summed E-state index contributed by atoms with van der Waals surface area (Å²) in [5.41, 5.74) is 0. The number of hydrogen-bond acceptors (Lipinski definition) is 1. The van der Waals surface area contributed by atoms with Gasteiger partial charge in [-0.15, -0.1) is 0 Å². The number of hydrogen-bond donors (Lipinski definition) is 0. The van der Waals surface area contributed by atoms with E-state index in [4.69, 9.17) is 12.2 Å². The van der Waals surface area contributed by atoms with Crippen LogP contribution in [-0.4, -0.2) is 4.86 Å². The van der Waals surface area contributed by atoms with Gasteiger partial charge in [0.05, 0.1) is 0 Å². The van der Waals surface area contributed by atoms with Gasteiger partial charge >= 0.3 is 0 Å². The van der Waals surface area contributed by atoms with Crippen LogP contribution in [0.3, 0.4) is 0 Å². The van der Waals surface area contributed by atoms with E-state index in [0.717, 1.165) is 17.7 Å². The molecule has 0 nitrogen and oxygen atoms in total. The van der Waals surface area contributed by atoms with Crippen molar-refractivity contribution in [3.8, 4) is 0 Å². The van der Waals surface area contributed by atoms with E-state index < -0.39 is 0 Å². The summed E-state index contributed by atoms with van der Waals surface area (Å²) in [7, 11) is 0. The van der Waals surface area contributed by atoms with Crippen LogP contribution in [0.25, 0.3) is 0 Å². The Bertz CT molecular complexity index is 179. The first-order chi connectivity index (χ1) is 4.29. The minimum absolute atomic E-state index is 0.171. The second kappa shape index (κ2) is 2.87. The molecule has 0 atom stereocenters. The molecule has 1 aliphatic carbocycles. The summed E-state index contributed by atoms with van der Waals surface area (Å²) in [6, 6.07) is 0. The van der Waals surface area contributed by atoms with E-state index in [2.05, 4.69) is 0 Å². The van der Waals surface area contributed by atoms with Gasteiger partial charge in [-0.05, 0) is 31.1 Å². The van der Waals surface area contributed by atoms with Crippen LogP contribution in [0.5, 0.6) is 0 Å². The third kappa shape index (κ3) is 2.06. The van der Waals surface area contributed by atoms with Gasteiger partial charge < -0.3 is 0 Å². The van der Waals surface area contributed by atoms with E-state index >= 15 is 0 Å². The molecular formula is C7H7FS. The number of halogens is 1. The molecule has 0 aromatic heterocycles. The van der Waals surface area contributed by atoms with Crippen LogP contribution in [0.15, 0.2) is 24.1 Å². The van der Waals surface area contributed by atoms with E-state index in [1.165, 1.54) is 6.08 Å². The molecule has 0 amide bonds. The fourth-order valence-corrected chi connectivity index (χ4v) is 0.862. The number of allylic oxidation sites excluding steroid dienone is 4. The van der Waals surface area contributed by atoms with Crippen molar-refractivity contribution < 1.29 is 4.39 Å². The maximum Gasteiger partial charge on any atom is 0.119 e. The van der Waals surface area contributed by atoms with E-state index in [-0.39, 0.29) is 5.83 Å². The van der Waals surface area contributed by atoms with Crippen LogP contribution in [0.4, 0.5) is 4.39 Å². The molecule has 0 bridgehead atoms. The lowest BCUT2D eigenvalue weighted by Crippen LogP contribution is -1.83. The van der Waals surface area contributed by atoms with E-state index in [0.29, 0.717) is 0 Å². The summed E-state index contributed by atoms with van der Waals surface area (Å²) in [6.07, 6.45) is 6.15. The first-order valence-corrected chi connectivity index (χ1v) is 3.26. The van der Waals surface area contributed by atoms with Gasteiger partial charge in [0.15, 0.2) is 0 Å². The second-order valence-electron chi connectivity index (χ2n) is 1.93. The van der Waals surface area contributed by atoms with Crippen molar-refractivity contribution in [1.29, 1.82) is 0 Å². The zero-order chi connectivity index (χ0) is 6.69. The molecule has 0 aromatic rings. The molecule has 0 radical (unpaired) electrons. The average molecular weight is 142 g/mol. The Labute approximate surface area is 59.1 Å². The Kier molecular flexibility index (Phi) is 2.11. The number of rotatable bonds is 0. The summed E-state index contributed by atoms with van der Waals surface area (Å²) in [5, 5.41) is 0. The van der Waals surface area contributed by atoms with Crippen molar-refractivity contribution in [2.24, 2.45) is 0 Å². The highest BCUT2D eigenvalue weighted by atomic mass is 32.1. The van der Waals surface area contributed by atoms with E-state index in [1.54, 1.807) is 12.2 Å². The van der Waals surface area contributed by atoms with Gasteiger partial charge in [-0.2, -0.15) is 0 Å². The molecule has 48 valence electrons. The Morgan fingerprint density at radius 3 is 3.00 bits per heavy atom. The lowest BCUT2D eigenvalue weighted by Gasteiger charge is -1.86. The summed E-state index contributed by atoms with van der Waals surface area (Å²) in [5.74, 6) is -0.171. The molecule has 0 unspecified atom stereocenters. The fourth-order valence-electron chi connectivity index (χ4n) is 0.676. The first kappa shape index (κ1) is 6.62. The van der Waals surface area contributed by atoms with Gasteiger partial charge in [-0.3, -0.25) is 0 Å². The number of thiocarbonyl (C=S) groups is 1. The Morgan fingerprint density at radius 2 is 2.22 bits per heavy atom. The molecule has 0 spiro atoms. The van der Waals surface area contributed by atoms with Crippen LogP contribution in [-0.2, 0) is 0 Å². The standard InChI is InChI=1S/C7H7FS/c8-6-2-1-3-7(9)5-4-6/h2,4-5H,1,3H2. The predicted octanol–water partition coefficient (Wildman–Crippen LogP) is 2.56. The van der Waals surface area contributed by atoms with E-state index in [1.807, 2.05) is 0 Å². The predicted molar refractivity (Wildman–Crippen MR) is 40.2 cm³/mol. The van der Waals surface area contributed by atoms with Crippen molar-refractivity contribution in [1.82, 2.24) is 0 Å². The van der Waals surface area contributed by atoms with Crippen molar-refractivity contribution in [2.45, 2.75) is 12.8 Å². The fraction of sp³-hybridized carbons (Fsp3) is 0.286. The molecule has 9 heavy (non-hydrogen) atoms. The maximum absolute atomic E-state index is 12.3. The normalized spacial score (nSPS) is 19.2. The summed E-state index contributed by atoms with van der Waals surface area (Å²) in [6.45, 7) is 0. The topological polar surface area (TPSA) is 0 Å². The molecule has 0 N–H and O–H groups in total. The van der Waals surface area contributed by atoms with Crippen LogP contribution in [0.1, 0.15) is 12.8 Å². The summed E-state index contributed by atoms with van der Waals surface area (Å²) in [4.78, 5) is 0.832. The monoisotopic (exact) mass is 142 g/mol. The lowest BCUT2D eigenvalue weighted by molar-refractivity contribution is 0.662. The van der Waals surface area contributed by atoms with Crippen LogP contribution >= 0.6 is 12.2 Å². The molecular weight excluding hydrogens is 135 g/mol. The third-order valence-corrected chi connectivity index (χ3v) is 1.50. The molecule has 0 saturated heterocycles. The van der Waals surface area contributed by atoms with Gasteiger partial charge in [0.25, 0.3) is 0 Å². The summed E-state index contributed by atoms with van der Waals surface area (Å²) < 4.78 is 12.3. The van der Waals surface area contributed by atoms with Gasteiger partial charge in [-0.25, -0.2) is 4.39 Å². The maximum atomic E-state index is 12.3. The van der Waals surface area contributed by atoms with Crippen LogP contribution in [0.2, 0.25) is 0 Å². The van der Waals surface area contributed by atoms with Crippen LogP contribution < -0.4 is 0 Å². The summed E-state index contributed by atoms with van der Waals surface area (Å²) >= 11 is 4.86. The largest absolute Gasteiger partial charge is 0.207 e. The highest BCUT2D eigenvalue weighted by Gasteiger charge is 1.96. The molecule has 0 aromatic carbocycles. The molecule has 1 rings (SSSR count). The Balaban J connectivity index is 2.69. The zero-order valence-corrected chi connectivity index (χ0v) is 5.75. The smallest absolute Gasteiger partial charge is 0.119 e. The van der Waals surface area contributed by atoms with Gasteiger partial charge in [0, 0.05) is 4.86 Å². The molecule has 0 heterocycles. The Morgan fingerprint density at radius 1 is 1.44 bits per heavy atom. The lowest BCUT2D eigenvalue weighted by atomic mass is 10.2. The SMILES string of the molecule is FC1=CCCC(=S)C=C1. The first-order valence-electron chi connectivity index (χ1n) is 2.85. The minimum Gasteiger partial charge on any atom is -0.207 e. The minimum atomic E-state index is -0.171. The van der Waals surface area contributed by atoms with Gasteiger partial charge in [-0.1, -0.05) is 12.2 Å². The molecule has 0 fully saturated rings. The van der Waals surface area contributed by atoms with Crippen molar-refractivity contribution >= 4 is 17.1 Å². The van der Waals surface area contributed by atoms with E-state index in [9.17, 15) is 4.39 Å². The Hall–Kier alpha value is -0.500.